The lowest BCUT2D eigenvalue weighted by molar-refractivity contribution is 0.922. The minimum atomic E-state index is 0.649. The van der Waals surface area contributed by atoms with Crippen molar-refractivity contribution in [3.05, 3.63) is 40.5 Å². The molecule has 0 radical (unpaired) electrons. The van der Waals surface area contributed by atoms with E-state index in [1.165, 1.54) is 5.56 Å². The molecule has 2 rings (SSSR count). The van der Waals surface area contributed by atoms with E-state index in [0.717, 1.165) is 41.8 Å². The molecule has 5 heteroatoms. The van der Waals surface area contributed by atoms with E-state index in [4.69, 9.17) is 0 Å². The van der Waals surface area contributed by atoms with Gasteiger partial charge in [0, 0.05) is 18.4 Å². The second-order valence-corrected chi connectivity index (χ2v) is 5.70. The van der Waals surface area contributed by atoms with E-state index in [-0.39, 0.29) is 0 Å². The fraction of sp³-hybridized carbons (Fsp3) is 0.375. The van der Waals surface area contributed by atoms with E-state index in [2.05, 4.69) is 68.6 Å². The molecule has 0 amide bonds. The van der Waals surface area contributed by atoms with Crippen molar-refractivity contribution in [3.8, 4) is 0 Å². The van der Waals surface area contributed by atoms with Crippen LogP contribution < -0.4 is 10.6 Å². The maximum Gasteiger partial charge on any atom is 0.224 e. The van der Waals surface area contributed by atoms with Crippen molar-refractivity contribution in [1.82, 2.24) is 9.97 Å². The molecule has 1 aromatic heterocycles. The Hall–Kier alpha value is -1.62. The van der Waals surface area contributed by atoms with Crippen LogP contribution in [0.25, 0.3) is 0 Å². The van der Waals surface area contributed by atoms with Gasteiger partial charge >= 0.3 is 0 Å². The standard InChI is InChI=1S/C16H21BrN4/c1-3-7-12-8-5-6-9-14(12)20-15-13(17)11-19-16(21-15)18-10-4-2/h5-6,8-9,11H,3-4,7,10H2,1-2H3,(H2,18,19,20,21). The highest BCUT2D eigenvalue weighted by atomic mass is 79.9. The number of benzene rings is 1. The monoisotopic (exact) mass is 348 g/mol. The Bertz CT molecular complexity index is 586. The Labute approximate surface area is 134 Å². The van der Waals surface area contributed by atoms with Crippen LogP contribution in [0, 0.1) is 0 Å². The summed E-state index contributed by atoms with van der Waals surface area (Å²) >= 11 is 3.50. The predicted molar refractivity (Wildman–Crippen MR) is 92.2 cm³/mol. The summed E-state index contributed by atoms with van der Waals surface area (Å²) < 4.78 is 0.857. The first-order valence-corrected chi connectivity index (χ1v) is 8.15. The number of anilines is 3. The molecule has 2 N–H and O–H groups in total. The Morgan fingerprint density at radius 2 is 1.95 bits per heavy atom. The normalized spacial score (nSPS) is 10.4. The number of hydrogen-bond donors (Lipinski definition) is 2. The molecule has 2 aromatic rings. The SMILES string of the molecule is CCCNc1ncc(Br)c(Nc2ccccc2CCC)n1. The fourth-order valence-corrected chi connectivity index (χ4v) is 2.32. The average Bonchev–Trinajstić information content (AvgIpc) is 2.50. The summed E-state index contributed by atoms with van der Waals surface area (Å²) in [6.07, 6.45) is 4.98. The van der Waals surface area contributed by atoms with Crippen LogP contribution in [0.2, 0.25) is 0 Å². The molecule has 0 bridgehead atoms. The smallest absolute Gasteiger partial charge is 0.224 e. The number of halogens is 1. The van der Waals surface area contributed by atoms with Crippen LogP contribution in [0.3, 0.4) is 0 Å². The van der Waals surface area contributed by atoms with Crippen LogP contribution in [0.5, 0.6) is 0 Å². The Morgan fingerprint density at radius 3 is 2.71 bits per heavy atom. The summed E-state index contributed by atoms with van der Waals surface area (Å²) in [6.45, 7) is 5.17. The van der Waals surface area contributed by atoms with Crippen molar-refractivity contribution < 1.29 is 0 Å². The van der Waals surface area contributed by atoms with Gasteiger partial charge in [-0.25, -0.2) is 4.98 Å². The number of hydrogen-bond acceptors (Lipinski definition) is 4. The molecule has 0 atom stereocenters. The lowest BCUT2D eigenvalue weighted by atomic mass is 10.1. The zero-order valence-electron chi connectivity index (χ0n) is 12.5. The van der Waals surface area contributed by atoms with Crippen LogP contribution >= 0.6 is 15.9 Å². The zero-order valence-corrected chi connectivity index (χ0v) is 14.1. The minimum absolute atomic E-state index is 0.649. The summed E-state index contributed by atoms with van der Waals surface area (Å²) in [5, 5.41) is 6.61. The summed E-state index contributed by atoms with van der Waals surface area (Å²) in [5.74, 6) is 1.43. The Morgan fingerprint density at radius 1 is 1.14 bits per heavy atom. The van der Waals surface area contributed by atoms with E-state index in [1.54, 1.807) is 6.20 Å². The maximum atomic E-state index is 4.53. The van der Waals surface area contributed by atoms with Crippen LogP contribution in [-0.2, 0) is 6.42 Å². The quantitative estimate of drug-likeness (QED) is 0.757. The number of aryl methyl sites for hydroxylation is 1. The molecule has 1 aromatic carbocycles. The van der Waals surface area contributed by atoms with E-state index in [0.29, 0.717) is 5.95 Å². The summed E-state index contributed by atoms with van der Waals surface area (Å²) in [4.78, 5) is 8.79. The number of para-hydroxylation sites is 1. The molecule has 0 saturated heterocycles. The number of rotatable bonds is 7. The average molecular weight is 349 g/mol. The third-order valence-electron chi connectivity index (χ3n) is 3.07. The summed E-state index contributed by atoms with van der Waals surface area (Å²) in [5.41, 5.74) is 2.40. The van der Waals surface area contributed by atoms with Crippen LogP contribution in [0.15, 0.2) is 34.9 Å². The maximum absolute atomic E-state index is 4.53. The van der Waals surface area contributed by atoms with Gasteiger partial charge in [-0.05, 0) is 40.4 Å². The molecular formula is C16H21BrN4. The number of nitrogens with one attached hydrogen (secondary N) is 2. The van der Waals surface area contributed by atoms with Crippen molar-refractivity contribution in [3.63, 3.8) is 0 Å². The van der Waals surface area contributed by atoms with Gasteiger partial charge in [0.2, 0.25) is 5.95 Å². The molecule has 21 heavy (non-hydrogen) atoms. The largest absolute Gasteiger partial charge is 0.354 e. The van der Waals surface area contributed by atoms with Gasteiger partial charge in [0.25, 0.3) is 0 Å². The molecule has 0 fully saturated rings. The molecule has 0 aliphatic rings. The highest BCUT2D eigenvalue weighted by Gasteiger charge is 2.07. The first-order chi connectivity index (χ1) is 10.2. The molecule has 4 nitrogen and oxygen atoms in total. The molecule has 0 aliphatic heterocycles. The molecule has 0 saturated carbocycles. The third-order valence-corrected chi connectivity index (χ3v) is 3.65. The Balaban J connectivity index is 2.22. The van der Waals surface area contributed by atoms with Gasteiger partial charge in [-0.3, -0.25) is 0 Å². The summed E-state index contributed by atoms with van der Waals surface area (Å²) in [7, 11) is 0. The van der Waals surface area contributed by atoms with Crippen molar-refractivity contribution in [2.45, 2.75) is 33.1 Å². The molecule has 0 aliphatic carbocycles. The van der Waals surface area contributed by atoms with Crippen molar-refractivity contribution in [2.75, 3.05) is 17.2 Å². The highest BCUT2D eigenvalue weighted by molar-refractivity contribution is 9.10. The van der Waals surface area contributed by atoms with Crippen LogP contribution in [-0.4, -0.2) is 16.5 Å². The van der Waals surface area contributed by atoms with Gasteiger partial charge in [-0.15, -0.1) is 0 Å². The molecular weight excluding hydrogens is 328 g/mol. The third kappa shape index (κ3) is 4.43. The van der Waals surface area contributed by atoms with E-state index in [9.17, 15) is 0 Å². The van der Waals surface area contributed by atoms with E-state index >= 15 is 0 Å². The van der Waals surface area contributed by atoms with E-state index < -0.39 is 0 Å². The van der Waals surface area contributed by atoms with Gasteiger partial charge in [-0.1, -0.05) is 38.5 Å². The number of nitrogens with zero attached hydrogens (tertiary/aromatic N) is 2. The Kier molecular flexibility index (Phi) is 5.99. The predicted octanol–water partition coefficient (Wildman–Crippen LogP) is 4.76. The van der Waals surface area contributed by atoms with Gasteiger partial charge in [-0.2, -0.15) is 4.98 Å². The topological polar surface area (TPSA) is 49.8 Å². The van der Waals surface area contributed by atoms with Crippen molar-refractivity contribution in [2.24, 2.45) is 0 Å². The van der Waals surface area contributed by atoms with Gasteiger partial charge < -0.3 is 10.6 Å². The molecule has 1 heterocycles. The van der Waals surface area contributed by atoms with Crippen LogP contribution in [0.1, 0.15) is 32.3 Å². The first kappa shape index (κ1) is 15.8. The van der Waals surface area contributed by atoms with Gasteiger partial charge in [0.05, 0.1) is 4.47 Å². The van der Waals surface area contributed by atoms with Crippen molar-refractivity contribution in [1.29, 1.82) is 0 Å². The van der Waals surface area contributed by atoms with Gasteiger partial charge in [0.1, 0.15) is 5.82 Å². The number of aromatic nitrogens is 2. The first-order valence-electron chi connectivity index (χ1n) is 7.36. The second kappa shape index (κ2) is 7.98. The molecule has 0 spiro atoms. The van der Waals surface area contributed by atoms with Gasteiger partial charge in [0.15, 0.2) is 0 Å². The lowest BCUT2D eigenvalue weighted by Crippen LogP contribution is -2.06. The fourth-order valence-electron chi connectivity index (χ4n) is 2.03. The zero-order chi connectivity index (χ0) is 15.1. The van der Waals surface area contributed by atoms with Crippen molar-refractivity contribution >= 4 is 33.4 Å². The molecule has 112 valence electrons. The summed E-state index contributed by atoms with van der Waals surface area (Å²) in [6, 6.07) is 8.34. The van der Waals surface area contributed by atoms with Crippen LogP contribution in [0.4, 0.5) is 17.5 Å². The highest BCUT2D eigenvalue weighted by Crippen LogP contribution is 2.26. The van der Waals surface area contributed by atoms with E-state index in [1.807, 2.05) is 6.07 Å². The second-order valence-electron chi connectivity index (χ2n) is 4.85. The molecule has 0 unspecified atom stereocenters. The minimum Gasteiger partial charge on any atom is -0.354 e. The lowest BCUT2D eigenvalue weighted by Gasteiger charge is -2.13.